The van der Waals surface area contributed by atoms with E-state index in [0.29, 0.717) is 23.1 Å². The number of fused-ring (bicyclic) bond motifs is 1. The topological polar surface area (TPSA) is 41.6 Å². The lowest BCUT2D eigenvalue weighted by molar-refractivity contribution is -0.117. The van der Waals surface area contributed by atoms with Crippen molar-refractivity contribution < 1.29 is 9.63 Å². The second-order valence-corrected chi connectivity index (χ2v) is 6.91. The van der Waals surface area contributed by atoms with Crippen molar-refractivity contribution in [3.63, 3.8) is 0 Å². The maximum Gasteiger partial charge on any atom is 0.231 e. The van der Waals surface area contributed by atoms with E-state index >= 15 is 0 Å². The average molecular weight is 375 g/mol. The molecule has 0 unspecified atom stereocenters. The van der Waals surface area contributed by atoms with Gasteiger partial charge in [-0.1, -0.05) is 47.5 Å². The molecular weight excluding hydrogens is 359 g/mol. The van der Waals surface area contributed by atoms with Crippen molar-refractivity contribution in [2.45, 2.75) is 12.8 Å². The fourth-order valence-corrected chi connectivity index (χ4v) is 3.57. The van der Waals surface area contributed by atoms with Crippen molar-refractivity contribution in [1.29, 1.82) is 0 Å². The zero-order valence-electron chi connectivity index (χ0n) is 13.4. The van der Waals surface area contributed by atoms with Crippen LogP contribution >= 0.6 is 23.2 Å². The second kappa shape index (κ2) is 6.71. The molecule has 2 heterocycles. The van der Waals surface area contributed by atoms with Gasteiger partial charge >= 0.3 is 0 Å². The van der Waals surface area contributed by atoms with Crippen molar-refractivity contribution in [2.75, 3.05) is 18.1 Å². The van der Waals surface area contributed by atoms with E-state index in [9.17, 15) is 4.79 Å². The van der Waals surface area contributed by atoms with E-state index in [4.69, 9.17) is 28.0 Å². The van der Waals surface area contributed by atoms with E-state index in [2.05, 4.69) is 11.5 Å². The number of hydroxylamine groups is 1. The van der Waals surface area contributed by atoms with Crippen molar-refractivity contribution >= 4 is 40.5 Å². The minimum atomic E-state index is 0.0739. The van der Waals surface area contributed by atoms with Crippen LogP contribution < -0.4 is 10.4 Å². The summed E-state index contributed by atoms with van der Waals surface area (Å²) in [6, 6.07) is 13.4. The molecule has 0 aromatic heterocycles. The number of nitrogens with zero attached hydrogens (tertiary/aromatic N) is 1. The highest BCUT2D eigenvalue weighted by molar-refractivity contribution is 6.42. The van der Waals surface area contributed by atoms with Gasteiger partial charge in [-0.25, -0.2) is 0 Å². The Morgan fingerprint density at radius 2 is 2.00 bits per heavy atom. The second-order valence-electron chi connectivity index (χ2n) is 6.10. The summed E-state index contributed by atoms with van der Waals surface area (Å²) in [4.78, 5) is 20.0. The third-order valence-electron chi connectivity index (χ3n) is 4.54. The molecule has 0 atom stereocenters. The Hall–Kier alpha value is -2.01. The van der Waals surface area contributed by atoms with Crippen molar-refractivity contribution in [3.8, 4) is 0 Å². The Kier molecular flexibility index (Phi) is 4.42. The van der Waals surface area contributed by atoms with Gasteiger partial charge in [0.25, 0.3) is 0 Å². The first-order chi connectivity index (χ1) is 12.1. The van der Waals surface area contributed by atoms with Crippen molar-refractivity contribution in [2.24, 2.45) is 0 Å². The molecule has 0 saturated carbocycles. The van der Waals surface area contributed by atoms with E-state index in [0.717, 1.165) is 35.5 Å². The molecule has 2 aliphatic heterocycles. The zero-order chi connectivity index (χ0) is 17.4. The van der Waals surface area contributed by atoms with E-state index in [1.54, 1.807) is 12.1 Å². The van der Waals surface area contributed by atoms with Gasteiger partial charge in [-0.15, -0.1) is 0 Å². The largest absolute Gasteiger partial charge is 0.312 e. The minimum Gasteiger partial charge on any atom is -0.312 e. The Bertz CT molecular complexity index is 879. The summed E-state index contributed by atoms with van der Waals surface area (Å²) >= 11 is 12.1. The lowest BCUT2D eigenvalue weighted by Gasteiger charge is -2.17. The standard InChI is InChI=1S/C19H16Cl2N2O2/c20-15-6-5-13(9-16(15)21)19-14(11-25-22-19)10-18(24)23-8-7-12-3-1-2-4-17(12)23/h1-6,9,22H,7-8,10-11H2. The molecule has 0 aliphatic carbocycles. The lowest BCUT2D eigenvalue weighted by Crippen LogP contribution is -2.29. The number of amides is 1. The molecule has 6 heteroatoms. The predicted octanol–water partition coefficient (Wildman–Crippen LogP) is 4.22. The Morgan fingerprint density at radius 3 is 2.84 bits per heavy atom. The molecule has 1 N–H and O–H groups in total. The van der Waals surface area contributed by atoms with E-state index < -0.39 is 0 Å². The van der Waals surface area contributed by atoms with Crippen LogP contribution in [0.1, 0.15) is 17.5 Å². The summed E-state index contributed by atoms with van der Waals surface area (Å²) in [5.41, 5.74) is 7.68. The molecule has 0 saturated heterocycles. The molecule has 4 rings (SSSR count). The molecule has 128 valence electrons. The first kappa shape index (κ1) is 16.5. The van der Waals surface area contributed by atoms with Crippen LogP contribution in [0.3, 0.4) is 0 Å². The van der Waals surface area contributed by atoms with Crippen LogP contribution in [0.2, 0.25) is 10.0 Å². The Balaban J connectivity index is 1.59. The number of nitrogens with one attached hydrogen (secondary N) is 1. The quantitative estimate of drug-likeness (QED) is 0.874. The smallest absolute Gasteiger partial charge is 0.231 e. The number of halogens is 2. The van der Waals surface area contributed by atoms with Crippen LogP contribution in [0.15, 0.2) is 48.0 Å². The molecule has 0 fully saturated rings. The van der Waals surface area contributed by atoms with E-state index in [-0.39, 0.29) is 5.91 Å². The van der Waals surface area contributed by atoms with Crippen molar-refractivity contribution in [1.82, 2.24) is 5.48 Å². The third-order valence-corrected chi connectivity index (χ3v) is 5.27. The number of rotatable bonds is 3. The van der Waals surface area contributed by atoms with Gasteiger partial charge in [0, 0.05) is 17.8 Å². The Morgan fingerprint density at radius 1 is 1.16 bits per heavy atom. The Labute approximate surface area is 155 Å². The van der Waals surface area contributed by atoms with Gasteiger partial charge in [-0.05, 0) is 35.8 Å². The third kappa shape index (κ3) is 3.13. The fourth-order valence-electron chi connectivity index (χ4n) is 3.27. The van der Waals surface area contributed by atoms with E-state index in [1.165, 1.54) is 5.56 Å². The monoisotopic (exact) mass is 374 g/mol. The number of anilines is 1. The van der Waals surface area contributed by atoms with Crippen LogP contribution in [0.5, 0.6) is 0 Å². The van der Waals surface area contributed by atoms with Crippen LogP contribution in [-0.2, 0) is 16.1 Å². The molecule has 1 amide bonds. The van der Waals surface area contributed by atoms with Gasteiger partial charge in [-0.3, -0.25) is 15.1 Å². The highest BCUT2D eigenvalue weighted by Gasteiger charge is 2.27. The summed E-state index contributed by atoms with van der Waals surface area (Å²) in [7, 11) is 0. The van der Waals surface area contributed by atoms with Crippen molar-refractivity contribution in [3.05, 3.63) is 69.2 Å². The molecule has 4 nitrogen and oxygen atoms in total. The van der Waals surface area contributed by atoms with Crippen LogP contribution in [-0.4, -0.2) is 19.1 Å². The highest BCUT2D eigenvalue weighted by Crippen LogP contribution is 2.32. The molecule has 0 radical (unpaired) electrons. The average Bonchev–Trinajstić information content (AvgIpc) is 3.24. The molecular formula is C19H16Cl2N2O2. The number of para-hydroxylation sites is 1. The number of hydrogen-bond acceptors (Lipinski definition) is 3. The first-order valence-corrected chi connectivity index (χ1v) is 8.82. The van der Waals surface area contributed by atoms with Crippen LogP contribution in [0, 0.1) is 0 Å². The lowest BCUT2D eigenvalue weighted by atomic mass is 10.0. The summed E-state index contributed by atoms with van der Waals surface area (Å²) in [6.45, 7) is 1.10. The molecule has 2 aromatic rings. The summed E-state index contributed by atoms with van der Waals surface area (Å²) in [5, 5.41) is 0.968. The number of carbonyl (C=O) groups is 1. The van der Waals surface area contributed by atoms with Gasteiger partial charge in [0.05, 0.1) is 28.8 Å². The van der Waals surface area contributed by atoms with Crippen LogP contribution in [0.4, 0.5) is 5.69 Å². The summed E-state index contributed by atoms with van der Waals surface area (Å²) < 4.78 is 0. The number of hydrogen-bond donors (Lipinski definition) is 1. The SMILES string of the molecule is O=C(CC1=C(c2ccc(Cl)c(Cl)c2)NOC1)N1CCc2ccccc21. The van der Waals surface area contributed by atoms with Gasteiger partial charge < -0.3 is 4.90 Å². The van der Waals surface area contributed by atoms with E-state index in [1.807, 2.05) is 29.2 Å². The summed E-state index contributed by atoms with van der Waals surface area (Å²) in [6.07, 6.45) is 1.20. The predicted molar refractivity (Wildman–Crippen MR) is 99.6 cm³/mol. The molecule has 0 spiro atoms. The van der Waals surface area contributed by atoms with Gasteiger partial charge in [0.1, 0.15) is 0 Å². The molecule has 2 aromatic carbocycles. The maximum absolute atomic E-state index is 12.8. The molecule has 25 heavy (non-hydrogen) atoms. The maximum atomic E-state index is 12.8. The zero-order valence-corrected chi connectivity index (χ0v) is 14.9. The normalized spacial score (nSPS) is 16.2. The fraction of sp³-hybridized carbons (Fsp3) is 0.211. The number of benzene rings is 2. The van der Waals surface area contributed by atoms with Gasteiger partial charge in [0.2, 0.25) is 5.91 Å². The molecule has 0 bridgehead atoms. The molecule has 2 aliphatic rings. The minimum absolute atomic E-state index is 0.0739. The highest BCUT2D eigenvalue weighted by atomic mass is 35.5. The van der Waals surface area contributed by atoms with Gasteiger partial charge in [-0.2, -0.15) is 0 Å². The summed E-state index contributed by atoms with van der Waals surface area (Å²) in [5.74, 6) is 0.0739. The van der Waals surface area contributed by atoms with Crippen LogP contribution in [0.25, 0.3) is 5.70 Å². The van der Waals surface area contributed by atoms with Gasteiger partial charge in [0.15, 0.2) is 0 Å². The number of carbonyl (C=O) groups excluding carboxylic acids is 1. The first-order valence-electron chi connectivity index (χ1n) is 8.07.